The molecule has 4 heteroatoms. The average Bonchev–Trinajstić information content (AvgIpc) is 1.86. The van der Waals surface area contributed by atoms with Gasteiger partial charge in [-0.15, -0.1) is 34.8 Å². The van der Waals surface area contributed by atoms with Crippen molar-refractivity contribution >= 4 is 40.6 Å². The summed E-state index contributed by atoms with van der Waals surface area (Å²) < 4.78 is 0. The SMILES string of the molecule is CC(C)(C(=O)CCl)C(Cl)Cl. The van der Waals surface area contributed by atoms with Gasteiger partial charge in [-0.05, 0) is 0 Å². The van der Waals surface area contributed by atoms with Crippen molar-refractivity contribution < 1.29 is 4.79 Å². The molecule has 0 saturated carbocycles. The molecule has 0 aliphatic heterocycles. The van der Waals surface area contributed by atoms with Gasteiger partial charge in [0.25, 0.3) is 0 Å². The maximum Gasteiger partial charge on any atom is 0.155 e. The second-order valence-electron chi connectivity index (χ2n) is 2.58. The summed E-state index contributed by atoms with van der Waals surface area (Å²) >= 11 is 16.4. The molecule has 0 spiro atoms. The molecule has 0 bridgehead atoms. The van der Waals surface area contributed by atoms with Crippen molar-refractivity contribution in [3.05, 3.63) is 0 Å². The van der Waals surface area contributed by atoms with Crippen LogP contribution in [0.5, 0.6) is 0 Å². The molecule has 0 fully saturated rings. The van der Waals surface area contributed by atoms with Crippen LogP contribution < -0.4 is 0 Å². The Kier molecular flexibility index (Phi) is 4.00. The lowest BCUT2D eigenvalue weighted by molar-refractivity contribution is -0.123. The first-order valence-corrected chi connectivity index (χ1v) is 4.21. The van der Waals surface area contributed by atoms with Crippen LogP contribution in [0, 0.1) is 5.41 Å². The first kappa shape index (κ1) is 10.5. The molecule has 60 valence electrons. The fraction of sp³-hybridized carbons (Fsp3) is 0.833. The highest BCUT2D eigenvalue weighted by atomic mass is 35.5. The Morgan fingerprint density at radius 1 is 1.50 bits per heavy atom. The number of hydrogen-bond acceptors (Lipinski definition) is 1. The van der Waals surface area contributed by atoms with Crippen LogP contribution >= 0.6 is 34.8 Å². The molecular weight excluding hydrogens is 194 g/mol. The van der Waals surface area contributed by atoms with Crippen LogP contribution in [0.4, 0.5) is 0 Å². The van der Waals surface area contributed by atoms with E-state index in [-0.39, 0.29) is 11.7 Å². The summed E-state index contributed by atoms with van der Waals surface area (Å²) in [5.41, 5.74) is -0.731. The molecule has 0 N–H and O–H groups in total. The van der Waals surface area contributed by atoms with Crippen molar-refractivity contribution in [2.45, 2.75) is 18.7 Å². The Morgan fingerprint density at radius 2 is 1.90 bits per heavy atom. The second-order valence-corrected chi connectivity index (χ2v) is 3.94. The predicted molar refractivity (Wildman–Crippen MR) is 45.0 cm³/mol. The number of alkyl halides is 3. The second kappa shape index (κ2) is 3.80. The van der Waals surface area contributed by atoms with E-state index >= 15 is 0 Å². The fourth-order valence-corrected chi connectivity index (χ4v) is 0.882. The van der Waals surface area contributed by atoms with E-state index in [0.717, 1.165) is 0 Å². The zero-order chi connectivity index (χ0) is 8.36. The van der Waals surface area contributed by atoms with Gasteiger partial charge in [-0.2, -0.15) is 0 Å². The van der Waals surface area contributed by atoms with Gasteiger partial charge in [0.2, 0.25) is 0 Å². The van der Waals surface area contributed by atoms with Gasteiger partial charge >= 0.3 is 0 Å². The van der Waals surface area contributed by atoms with Crippen molar-refractivity contribution in [3.63, 3.8) is 0 Å². The fourth-order valence-electron chi connectivity index (χ4n) is 0.294. The highest BCUT2D eigenvalue weighted by molar-refractivity contribution is 6.46. The van der Waals surface area contributed by atoms with E-state index < -0.39 is 10.3 Å². The lowest BCUT2D eigenvalue weighted by atomic mass is 9.91. The van der Waals surface area contributed by atoms with Crippen LogP contribution in [0.25, 0.3) is 0 Å². The van der Waals surface area contributed by atoms with E-state index in [9.17, 15) is 4.79 Å². The van der Waals surface area contributed by atoms with Crippen LogP contribution in [-0.2, 0) is 4.79 Å². The smallest absolute Gasteiger partial charge is 0.155 e. The molecule has 0 amide bonds. The number of rotatable bonds is 3. The number of hydrogen-bond donors (Lipinski definition) is 0. The number of carbonyl (C=O) groups excluding carboxylic acids is 1. The van der Waals surface area contributed by atoms with Crippen molar-refractivity contribution in [2.24, 2.45) is 5.41 Å². The normalized spacial score (nSPS) is 12.2. The first-order valence-electron chi connectivity index (χ1n) is 2.80. The third-order valence-electron chi connectivity index (χ3n) is 1.39. The van der Waals surface area contributed by atoms with Crippen LogP contribution in [0.2, 0.25) is 0 Å². The maximum atomic E-state index is 11.0. The Bertz CT molecular complexity index is 131. The van der Waals surface area contributed by atoms with E-state index in [2.05, 4.69) is 0 Å². The standard InChI is InChI=1S/C6H9Cl3O/c1-6(2,5(8)9)4(10)3-7/h5H,3H2,1-2H3. The number of halogens is 3. The van der Waals surface area contributed by atoms with E-state index in [1.54, 1.807) is 13.8 Å². The van der Waals surface area contributed by atoms with Gasteiger partial charge in [-0.1, -0.05) is 13.8 Å². The monoisotopic (exact) mass is 202 g/mol. The van der Waals surface area contributed by atoms with E-state index in [1.807, 2.05) is 0 Å². The van der Waals surface area contributed by atoms with Gasteiger partial charge in [0.15, 0.2) is 5.78 Å². The molecule has 0 aliphatic rings. The van der Waals surface area contributed by atoms with E-state index in [0.29, 0.717) is 0 Å². The molecule has 1 nitrogen and oxygen atoms in total. The first-order chi connectivity index (χ1) is 4.42. The summed E-state index contributed by atoms with van der Waals surface area (Å²) in [6.45, 7) is 3.34. The molecule has 0 saturated heterocycles. The van der Waals surface area contributed by atoms with Crippen molar-refractivity contribution in [3.8, 4) is 0 Å². The zero-order valence-corrected chi connectivity index (χ0v) is 8.09. The molecular formula is C6H9Cl3O. The van der Waals surface area contributed by atoms with Crippen LogP contribution in [-0.4, -0.2) is 16.5 Å². The average molecular weight is 203 g/mol. The Balaban J connectivity index is 4.24. The van der Waals surface area contributed by atoms with Crippen molar-refractivity contribution in [1.29, 1.82) is 0 Å². The number of carbonyl (C=O) groups is 1. The van der Waals surface area contributed by atoms with Crippen molar-refractivity contribution in [1.82, 2.24) is 0 Å². The predicted octanol–water partition coefficient (Wildman–Crippen LogP) is 2.62. The summed E-state index contributed by atoms with van der Waals surface area (Å²) in [7, 11) is 0. The Labute approximate surface area is 75.6 Å². The van der Waals surface area contributed by atoms with E-state index in [4.69, 9.17) is 34.8 Å². The summed E-state index contributed by atoms with van der Waals surface area (Å²) in [4.78, 5) is 10.3. The highest BCUT2D eigenvalue weighted by Crippen LogP contribution is 2.29. The quantitative estimate of drug-likeness (QED) is 0.645. The van der Waals surface area contributed by atoms with Crippen molar-refractivity contribution in [2.75, 3.05) is 5.88 Å². The molecule has 0 rings (SSSR count). The molecule has 0 radical (unpaired) electrons. The maximum absolute atomic E-state index is 11.0. The minimum absolute atomic E-state index is 0.0387. The van der Waals surface area contributed by atoms with Gasteiger partial charge in [-0.25, -0.2) is 0 Å². The van der Waals surface area contributed by atoms with Gasteiger partial charge in [0.05, 0.1) is 11.3 Å². The molecule has 0 heterocycles. The van der Waals surface area contributed by atoms with E-state index in [1.165, 1.54) is 0 Å². The third kappa shape index (κ3) is 2.30. The van der Waals surface area contributed by atoms with Crippen LogP contribution in [0.1, 0.15) is 13.8 Å². The topological polar surface area (TPSA) is 17.1 Å². The van der Waals surface area contributed by atoms with Gasteiger partial charge < -0.3 is 0 Å². The highest BCUT2D eigenvalue weighted by Gasteiger charge is 2.33. The third-order valence-corrected chi connectivity index (χ3v) is 2.72. The molecule has 0 aromatic heterocycles. The number of Topliss-reactive ketones (excluding diaryl/α,β-unsaturated/α-hetero) is 1. The summed E-state index contributed by atoms with van der Waals surface area (Å²) in [6.07, 6.45) is 0. The van der Waals surface area contributed by atoms with Gasteiger partial charge in [0.1, 0.15) is 4.84 Å². The summed E-state index contributed by atoms with van der Waals surface area (Å²) in [6, 6.07) is 0. The Hall–Kier alpha value is 0.540. The summed E-state index contributed by atoms with van der Waals surface area (Å²) in [5.74, 6) is -0.174. The lowest BCUT2D eigenvalue weighted by Gasteiger charge is -2.22. The molecule has 0 aromatic rings. The summed E-state index contributed by atoms with van der Waals surface area (Å²) in [5, 5.41) is 0. The minimum Gasteiger partial charge on any atom is -0.298 e. The molecule has 0 aromatic carbocycles. The largest absolute Gasteiger partial charge is 0.298 e. The Morgan fingerprint density at radius 3 is 2.00 bits per heavy atom. The lowest BCUT2D eigenvalue weighted by Crippen LogP contribution is -2.31. The van der Waals surface area contributed by atoms with Crippen LogP contribution in [0.15, 0.2) is 0 Å². The molecule has 0 aliphatic carbocycles. The molecule has 0 atom stereocenters. The van der Waals surface area contributed by atoms with Gasteiger partial charge in [-0.3, -0.25) is 4.79 Å². The molecule has 0 unspecified atom stereocenters. The number of ketones is 1. The van der Waals surface area contributed by atoms with Crippen LogP contribution in [0.3, 0.4) is 0 Å². The van der Waals surface area contributed by atoms with Gasteiger partial charge in [0, 0.05) is 0 Å². The minimum atomic E-state index is -0.731. The molecule has 10 heavy (non-hydrogen) atoms. The zero-order valence-electron chi connectivity index (χ0n) is 5.83.